The Morgan fingerprint density at radius 2 is 2.11 bits per heavy atom. The molecule has 0 amide bonds. The van der Waals surface area contributed by atoms with Gasteiger partial charge in [0.1, 0.15) is 11.5 Å². The molecule has 0 bridgehead atoms. The molecule has 3 nitrogen and oxygen atoms in total. The summed E-state index contributed by atoms with van der Waals surface area (Å²) < 4.78 is 11.4. The van der Waals surface area contributed by atoms with Gasteiger partial charge in [0.2, 0.25) is 0 Å². The van der Waals surface area contributed by atoms with Gasteiger partial charge in [0.25, 0.3) is 0 Å². The van der Waals surface area contributed by atoms with Gasteiger partial charge in [-0.1, -0.05) is 29.8 Å². The molecule has 1 aliphatic heterocycles. The number of nitrogen functional groups attached to an aromatic ring is 1. The minimum atomic E-state index is 0.257. The molecular weight excluding hydrogens is 262 g/mol. The topological polar surface area (TPSA) is 44.5 Å². The molecule has 0 aromatic heterocycles. The third-order valence-corrected chi connectivity index (χ3v) is 3.55. The van der Waals surface area contributed by atoms with Crippen LogP contribution in [-0.4, -0.2) is 13.2 Å². The van der Waals surface area contributed by atoms with Crippen molar-refractivity contribution >= 4 is 17.3 Å². The number of anilines is 1. The summed E-state index contributed by atoms with van der Waals surface area (Å²) in [5, 5.41) is 0.514. The van der Waals surface area contributed by atoms with Crippen molar-refractivity contribution in [1.82, 2.24) is 0 Å². The van der Waals surface area contributed by atoms with Gasteiger partial charge in [-0.15, -0.1) is 0 Å². The van der Waals surface area contributed by atoms with Gasteiger partial charge in [-0.05, 0) is 18.2 Å². The number of hydrogen-bond donors (Lipinski definition) is 1. The minimum absolute atomic E-state index is 0.257. The zero-order valence-corrected chi connectivity index (χ0v) is 11.1. The van der Waals surface area contributed by atoms with E-state index >= 15 is 0 Å². The number of hydrogen-bond acceptors (Lipinski definition) is 3. The summed E-state index contributed by atoms with van der Waals surface area (Å²) in [4.78, 5) is 0. The lowest BCUT2D eigenvalue weighted by molar-refractivity contribution is 0.248. The van der Waals surface area contributed by atoms with Crippen LogP contribution in [0.25, 0.3) is 0 Å². The van der Waals surface area contributed by atoms with E-state index in [1.54, 1.807) is 12.1 Å². The van der Waals surface area contributed by atoms with E-state index in [0.29, 0.717) is 23.9 Å². The summed E-state index contributed by atoms with van der Waals surface area (Å²) in [6.07, 6.45) is 0. The van der Waals surface area contributed by atoms with Crippen molar-refractivity contribution in [1.29, 1.82) is 0 Å². The maximum atomic E-state index is 5.96. The highest BCUT2D eigenvalue weighted by molar-refractivity contribution is 6.33. The molecule has 0 fully saturated rings. The number of para-hydroxylation sites is 1. The Morgan fingerprint density at radius 3 is 2.95 bits per heavy atom. The first-order chi connectivity index (χ1) is 9.24. The monoisotopic (exact) mass is 275 g/mol. The molecule has 0 spiro atoms. The zero-order chi connectivity index (χ0) is 13.2. The molecule has 1 atom stereocenters. The van der Waals surface area contributed by atoms with Crippen LogP contribution in [0.3, 0.4) is 0 Å². The standard InChI is InChI=1S/C15H14ClNO2/c16-13-7-11(5-6-14(13)17)18-8-10-9-19-15-4-2-1-3-12(10)15/h1-7,10H,8-9,17H2. The predicted octanol–water partition coefficient (Wildman–Crippen LogP) is 3.48. The molecule has 1 aliphatic rings. The summed E-state index contributed by atoms with van der Waals surface area (Å²) in [5.74, 6) is 1.93. The molecule has 2 aromatic carbocycles. The minimum Gasteiger partial charge on any atom is -0.493 e. The first-order valence-corrected chi connectivity index (χ1v) is 6.51. The molecule has 0 saturated heterocycles. The van der Waals surface area contributed by atoms with Crippen LogP contribution in [0, 0.1) is 0 Å². The highest BCUT2D eigenvalue weighted by Crippen LogP contribution is 2.34. The van der Waals surface area contributed by atoms with Crippen molar-refractivity contribution in [2.45, 2.75) is 5.92 Å². The van der Waals surface area contributed by atoms with Gasteiger partial charge in [0.05, 0.1) is 29.8 Å². The Hall–Kier alpha value is -1.87. The second-order valence-electron chi connectivity index (χ2n) is 4.54. The van der Waals surface area contributed by atoms with Crippen LogP contribution in [-0.2, 0) is 0 Å². The third-order valence-electron chi connectivity index (χ3n) is 3.22. The number of halogens is 1. The number of fused-ring (bicyclic) bond motifs is 1. The van der Waals surface area contributed by atoms with Gasteiger partial charge in [-0.2, -0.15) is 0 Å². The highest BCUT2D eigenvalue weighted by atomic mass is 35.5. The second kappa shape index (κ2) is 5.02. The maximum absolute atomic E-state index is 5.96. The van der Waals surface area contributed by atoms with Crippen molar-refractivity contribution in [2.75, 3.05) is 18.9 Å². The average molecular weight is 276 g/mol. The molecule has 1 heterocycles. The van der Waals surface area contributed by atoms with Crippen LogP contribution in [0.15, 0.2) is 42.5 Å². The molecule has 4 heteroatoms. The fraction of sp³-hybridized carbons (Fsp3) is 0.200. The lowest BCUT2D eigenvalue weighted by atomic mass is 10.0. The van der Waals surface area contributed by atoms with E-state index in [1.165, 1.54) is 5.56 Å². The fourth-order valence-corrected chi connectivity index (χ4v) is 2.33. The zero-order valence-electron chi connectivity index (χ0n) is 10.3. The van der Waals surface area contributed by atoms with E-state index in [0.717, 1.165) is 11.5 Å². The van der Waals surface area contributed by atoms with E-state index < -0.39 is 0 Å². The summed E-state index contributed by atoms with van der Waals surface area (Å²) in [7, 11) is 0. The smallest absolute Gasteiger partial charge is 0.123 e. The Balaban J connectivity index is 1.69. The van der Waals surface area contributed by atoms with E-state index in [2.05, 4.69) is 6.07 Å². The molecule has 3 rings (SSSR count). The molecule has 0 saturated carbocycles. The lowest BCUT2D eigenvalue weighted by Gasteiger charge is -2.11. The van der Waals surface area contributed by atoms with Crippen molar-refractivity contribution in [2.24, 2.45) is 0 Å². The Morgan fingerprint density at radius 1 is 1.26 bits per heavy atom. The van der Waals surface area contributed by atoms with Gasteiger partial charge < -0.3 is 15.2 Å². The number of benzene rings is 2. The van der Waals surface area contributed by atoms with Crippen molar-refractivity contribution < 1.29 is 9.47 Å². The van der Waals surface area contributed by atoms with Gasteiger partial charge in [0.15, 0.2) is 0 Å². The average Bonchev–Trinajstić information content (AvgIpc) is 2.83. The molecule has 0 radical (unpaired) electrons. The summed E-state index contributed by atoms with van der Waals surface area (Å²) in [6.45, 7) is 1.22. The second-order valence-corrected chi connectivity index (χ2v) is 4.95. The fourth-order valence-electron chi connectivity index (χ4n) is 2.16. The van der Waals surface area contributed by atoms with Crippen LogP contribution in [0.1, 0.15) is 11.5 Å². The quantitative estimate of drug-likeness (QED) is 0.872. The van der Waals surface area contributed by atoms with E-state index in [4.69, 9.17) is 26.8 Å². The van der Waals surface area contributed by atoms with Crippen LogP contribution >= 0.6 is 11.6 Å². The van der Waals surface area contributed by atoms with Crippen molar-refractivity contribution in [3.05, 3.63) is 53.1 Å². The lowest BCUT2D eigenvalue weighted by Crippen LogP contribution is -2.11. The van der Waals surface area contributed by atoms with Gasteiger partial charge in [0, 0.05) is 11.6 Å². The Kier molecular flexibility index (Phi) is 3.22. The first kappa shape index (κ1) is 12.2. The number of ether oxygens (including phenoxy) is 2. The van der Waals surface area contributed by atoms with Crippen LogP contribution in [0.4, 0.5) is 5.69 Å². The van der Waals surface area contributed by atoms with Crippen molar-refractivity contribution in [3.8, 4) is 11.5 Å². The first-order valence-electron chi connectivity index (χ1n) is 6.13. The number of rotatable bonds is 3. The van der Waals surface area contributed by atoms with E-state index in [-0.39, 0.29) is 5.92 Å². The van der Waals surface area contributed by atoms with Crippen LogP contribution < -0.4 is 15.2 Å². The third kappa shape index (κ3) is 2.47. The summed E-state index contributed by atoms with van der Waals surface area (Å²) in [6, 6.07) is 13.3. The molecule has 98 valence electrons. The normalized spacial score (nSPS) is 16.8. The van der Waals surface area contributed by atoms with Crippen LogP contribution in [0.2, 0.25) is 5.02 Å². The Labute approximate surface area is 116 Å². The highest BCUT2D eigenvalue weighted by Gasteiger charge is 2.24. The molecule has 2 N–H and O–H groups in total. The summed E-state index contributed by atoms with van der Waals surface area (Å²) in [5.41, 5.74) is 7.42. The van der Waals surface area contributed by atoms with Crippen molar-refractivity contribution in [3.63, 3.8) is 0 Å². The van der Waals surface area contributed by atoms with Gasteiger partial charge >= 0.3 is 0 Å². The van der Waals surface area contributed by atoms with E-state index in [9.17, 15) is 0 Å². The van der Waals surface area contributed by atoms with Crippen LogP contribution in [0.5, 0.6) is 11.5 Å². The molecule has 2 aromatic rings. The largest absolute Gasteiger partial charge is 0.493 e. The molecular formula is C15H14ClNO2. The maximum Gasteiger partial charge on any atom is 0.123 e. The van der Waals surface area contributed by atoms with E-state index in [1.807, 2.05) is 24.3 Å². The van der Waals surface area contributed by atoms with Gasteiger partial charge in [-0.25, -0.2) is 0 Å². The molecule has 0 aliphatic carbocycles. The summed E-state index contributed by atoms with van der Waals surface area (Å²) >= 11 is 5.96. The molecule has 19 heavy (non-hydrogen) atoms. The molecule has 1 unspecified atom stereocenters. The number of nitrogens with two attached hydrogens (primary N) is 1. The predicted molar refractivity (Wildman–Crippen MR) is 76.0 cm³/mol. The SMILES string of the molecule is Nc1ccc(OCC2COc3ccccc32)cc1Cl. The Bertz CT molecular complexity index is 600. The van der Waals surface area contributed by atoms with Gasteiger partial charge in [-0.3, -0.25) is 0 Å².